The van der Waals surface area contributed by atoms with Gasteiger partial charge in [0, 0.05) is 27.3 Å². The zero-order valence-electron chi connectivity index (χ0n) is 20.2. The summed E-state index contributed by atoms with van der Waals surface area (Å²) < 4.78 is 4.89. The van der Waals surface area contributed by atoms with Gasteiger partial charge in [0.05, 0.1) is 29.8 Å². The molecule has 2 heterocycles. The molecule has 5 aromatic rings. The highest BCUT2D eigenvalue weighted by atomic mass is 35.5. The minimum atomic E-state index is -0.395. The quantitative estimate of drug-likeness (QED) is 0.154. The molecule has 184 valence electrons. The van der Waals surface area contributed by atoms with E-state index in [0.717, 1.165) is 32.6 Å². The molecule has 0 saturated heterocycles. The number of carbonyl (C=O) groups is 2. The molecular formula is C31H24ClNO3S. The molecule has 4 nitrogen and oxygen atoms in total. The van der Waals surface area contributed by atoms with Gasteiger partial charge in [0.2, 0.25) is 0 Å². The van der Waals surface area contributed by atoms with Crippen LogP contribution >= 0.6 is 22.9 Å². The van der Waals surface area contributed by atoms with E-state index < -0.39 is 5.97 Å². The topological polar surface area (TPSA) is 56.3 Å². The number of methoxy groups -OCH3 is 1. The number of ketones is 1. The molecule has 0 aliphatic heterocycles. The minimum Gasteiger partial charge on any atom is -0.465 e. The number of hydrogen-bond acceptors (Lipinski definition) is 5. The minimum absolute atomic E-state index is 0.0182. The number of nitrogens with zero attached hydrogens (tertiary/aromatic N) is 1. The summed E-state index contributed by atoms with van der Waals surface area (Å²) in [5, 5.41) is 3.72. The van der Waals surface area contributed by atoms with Gasteiger partial charge in [-0.3, -0.25) is 9.78 Å². The van der Waals surface area contributed by atoms with Crippen molar-refractivity contribution >= 4 is 45.6 Å². The summed E-state index contributed by atoms with van der Waals surface area (Å²) in [4.78, 5) is 31.4. The van der Waals surface area contributed by atoms with E-state index in [2.05, 4.69) is 12.1 Å². The second-order valence-electron chi connectivity index (χ2n) is 8.72. The van der Waals surface area contributed by atoms with Crippen molar-refractivity contribution in [1.29, 1.82) is 0 Å². The lowest BCUT2D eigenvalue weighted by Crippen LogP contribution is -2.09. The molecule has 3 aromatic carbocycles. The summed E-state index contributed by atoms with van der Waals surface area (Å²) in [6.07, 6.45) is 0.740. The molecule has 1 atom stereocenters. The molecule has 0 radical (unpaired) electrons. The Hall–Kier alpha value is -3.80. The maximum atomic E-state index is 13.2. The van der Waals surface area contributed by atoms with E-state index in [1.54, 1.807) is 23.5 Å². The Labute approximate surface area is 224 Å². The van der Waals surface area contributed by atoms with Crippen LogP contribution in [0.4, 0.5) is 0 Å². The van der Waals surface area contributed by atoms with Crippen LogP contribution in [0, 0.1) is 0 Å². The van der Waals surface area contributed by atoms with Crippen molar-refractivity contribution in [2.45, 2.75) is 18.8 Å². The fourth-order valence-electron chi connectivity index (χ4n) is 4.53. The lowest BCUT2D eigenvalue weighted by Gasteiger charge is -2.17. The maximum Gasteiger partial charge on any atom is 0.338 e. The van der Waals surface area contributed by atoms with Crippen molar-refractivity contribution in [1.82, 2.24) is 4.98 Å². The van der Waals surface area contributed by atoms with Gasteiger partial charge in [-0.1, -0.05) is 66.2 Å². The molecule has 0 bridgehead atoms. The SMILES string of the molecule is COC(=O)c1ccccc1CCC(=O)c1cccc([C@H](c2ccc3ccc(Cl)cc3n2)c2cccs2)c1. The third kappa shape index (κ3) is 5.48. The Morgan fingerprint density at radius 1 is 0.946 bits per heavy atom. The van der Waals surface area contributed by atoms with Crippen molar-refractivity contribution in [2.75, 3.05) is 7.11 Å². The number of esters is 1. The van der Waals surface area contributed by atoms with Crippen LogP contribution in [0.3, 0.4) is 0 Å². The monoisotopic (exact) mass is 525 g/mol. The number of halogens is 1. The Bertz CT molecular complexity index is 1580. The molecule has 0 spiro atoms. The second-order valence-corrected chi connectivity index (χ2v) is 10.1. The highest BCUT2D eigenvalue weighted by molar-refractivity contribution is 7.10. The molecule has 0 aliphatic rings. The predicted molar refractivity (Wildman–Crippen MR) is 149 cm³/mol. The number of ether oxygens (including phenoxy) is 1. The fraction of sp³-hybridized carbons (Fsp3) is 0.129. The summed E-state index contributed by atoms with van der Waals surface area (Å²) in [5.74, 6) is -0.492. The molecule has 0 amide bonds. The van der Waals surface area contributed by atoms with Crippen molar-refractivity contribution in [3.63, 3.8) is 0 Å². The first kappa shape index (κ1) is 24.9. The van der Waals surface area contributed by atoms with E-state index >= 15 is 0 Å². The number of hydrogen-bond donors (Lipinski definition) is 0. The number of aryl methyl sites for hydroxylation is 1. The highest BCUT2D eigenvalue weighted by Crippen LogP contribution is 2.35. The van der Waals surface area contributed by atoms with Gasteiger partial charge in [0.25, 0.3) is 0 Å². The Morgan fingerprint density at radius 2 is 1.78 bits per heavy atom. The van der Waals surface area contributed by atoms with Gasteiger partial charge in [-0.2, -0.15) is 0 Å². The lowest BCUT2D eigenvalue weighted by atomic mass is 9.90. The van der Waals surface area contributed by atoms with E-state index in [4.69, 9.17) is 21.3 Å². The Kier molecular flexibility index (Phi) is 7.45. The number of thiophene rings is 1. The van der Waals surface area contributed by atoms with Crippen LogP contribution in [0.25, 0.3) is 10.9 Å². The number of fused-ring (bicyclic) bond motifs is 1. The Balaban J connectivity index is 1.45. The molecule has 0 saturated carbocycles. The molecule has 0 aliphatic carbocycles. The van der Waals surface area contributed by atoms with Crippen LogP contribution in [0.15, 0.2) is 96.4 Å². The van der Waals surface area contributed by atoms with Gasteiger partial charge < -0.3 is 4.74 Å². The predicted octanol–water partition coefficient (Wildman–Crippen LogP) is 7.73. The molecule has 0 unspecified atom stereocenters. The van der Waals surface area contributed by atoms with Gasteiger partial charge in [-0.05, 0) is 59.3 Å². The van der Waals surface area contributed by atoms with Gasteiger partial charge in [-0.15, -0.1) is 11.3 Å². The fourth-order valence-corrected chi connectivity index (χ4v) is 5.57. The number of Topliss-reactive ketones (excluding diaryl/α,β-unsaturated/α-hetero) is 1. The van der Waals surface area contributed by atoms with Gasteiger partial charge in [-0.25, -0.2) is 4.79 Å². The van der Waals surface area contributed by atoms with Crippen LogP contribution < -0.4 is 0 Å². The van der Waals surface area contributed by atoms with Crippen molar-refractivity contribution in [3.05, 3.63) is 134 Å². The molecule has 37 heavy (non-hydrogen) atoms. The van der Waals surface area contributed by atoms with E-state index in [0.29, 0.717) is 22.6 Å². The summed E-state index contributed by atoms with van der Waals surface area (Å²) in [5.41, 5.74) is 4.66. The van der Waals surface area contributed by atoms with E-state index in [9.17, 15) is 9.59 Å². The van der Waals surface area contributed by atoms with Crippen LogP contribution in [0.5, 0.6) is 0 Å². The molecule has 6 heteroatoms. The summed E-state index contributed by atoms with van der Waals surface area (Å²) >= 11 is 7.89. The third-order valence-electron chi connectivity index (χ3n) is 6.39. The lowest BCUT2D eigenvalue weighted by molar-refractivity contribution is 0.0599. The van der Waals surface area contributed by atoms with E-state index in [-0.39, 0.29) is 18.1 Å². The largest absolute Gasteiger partial charge is 0.465 e. The number of benzene rings is 3. The summed E-state index contributed by atoms with van der Waals surface area (Å²) in [7, 11) is 1.36. The number of aromatic nitrogens is 1. The zero-order chi connectivity index (χ0) is 25.8. The van der Waals surface area contributed by atoms with Gasteiger partial charge in [0.1, 0.15) is 0 Å². The molecule has 0 fully saturated rings. The van der Waals surface area contributed by atoms with Crippen molar-refractivity contribution < 1.29 is 14.3 Å². The van der Waals surface area contributed by atoms with Gasteiger partial charge >= 0.3 is 5.97 Å². The second kappa shape index (κ2) is 11.1. The maximum absolute atomic E-state index is 13.2. The third-order valence-corrected chi connectivity index (χ3v) is 7.56. The van der Waals surface area contributed by atoms with E-state index in [1.807, 2.05) is 72.1 Å². The highest BCUT2D eigenvalue weighted by Gasteiger charge is 2.21. The molecule has 0 N–H and O–H groups in total. The first-order valence-corrected chi connectivity index (χ1v) is 13.2. The van der Waals surface area contributed by atoms with Gasteiger partial charge in [0.15, 0.2) is 5.78 Å². The summed E-state index contributed by atoms with van der Waals surface area (Å²) in [6.45, 7) is 0. The normalized spacial score (nSPS) is 11.8. The van der Waals surface area contributed by atoms with E-state index in [1.165, 1.54) is 7.11 Å². The number of rotatable bonds is 8. The van der Waals surface area contributed by atoms with Crippen molar-refractivity contribution in [2.24, 2.45) is 0 Å². The van der Waals surface area contributed by atoms with Crippen LogP contribution in [-0.2, 0) is 11.2 Å². The number of carbonyl (C=O) groups excluding carboxylic acids is 2. The number of pyridine rings is 1. The smallest absolute Gasteiger partial charge is 0.338 e. The van der Waals surface area contributed by atoms with Crippen LogP contribution in [0.2, 0.25) is 5.02 Å². The summed E-state index contributed by atoms with van der Waals surface area (Å²) in [6, 6.07) is 28.9. The first-order chi connectivity index (χ1) is 18.0. The van der Waals surface area contributed by atoms with Crippen LogP contribution in [0.1, 0.15) is 54.8 Å². The molecule has 5 rings (SSSR count). The first-order valence-electron chi connectivity index (χ1n) is 11.9. The molecular weight excluding hydrogens is 502 g/mol. The average molecular weight is 526 g/mol. The Morgan fingerprint density at radius 3 is 2.59 bits per heavy atom. The van der Waals surface area contributed by atoms with Crippen molar-refractivity contribution in [3.8, 4) is 0 Å². The van der Waals surface area contributed by atoms with Crippen LogP contribution in [-0.4, -0.2) is 23.8 Å². The average Bonchev–Trinajstić information content (AvgIpc) is 3.46. The standard InChI is InChI=1S/C31H24ClNO3S/c1-36-31(35)25-9-3-2-6-20(25)13-16-28(34)22-7-4-8-23(18-22)30(29-10-5-17-37-29)26-15-12-21-11-14-24(32)19-27(21)33-26/h2-12,14-15,17-19,30H,13,16H2,1H3/t30-/m1/s1. The zero-order valence-corrected chi connectivity index (χ0v) is 21.8. The molecule has 2 aromatic heterocycles.